The van der Waals surface area contributed by atoms with Gasteiger partial charge >= 0.3 is 0 Å². The molecular weight excluding hydrogens is 318 g/mol. The van der Waals surface area contributed by atoms with E-state index in [0.717, 1.165) is 5.56 Å². The molecule has 1 aromatic heterocycles. The van der Waals surface area contributed by atoms with Gasteiger partial charge in [-0.3, -0.25) is 4.79 Å². The van der Waals surface area contributed by atoms with Gasteiger partial charge in [-0.1, -0.05) is 24.3 Å². The highest BCUT2D eigenvalue weighted by molar-refractivity contribution is 5.79. The smallest absolute Gasteiger partial charge is 0.259 e. The van der Waals surface area contributed by atoms with E-state index in [1.165, 1.54) is 7.11 Å². The molecule has 25 heavy (non-hydrogen) atoms. The van der Waals surface area contributed by atoms with Gasteiger partial charge in [0, 0.05) is 0 Å². The fourth-order valence-corrected chi connectivity index (χ4v) is 2.38. The number of fused-ring (bicyclic) bond motifs is 1. The van der Waals surface area contributed by atoms with E-state index in [9.17, 15) is 4.79 Å². The normalized spacial score (nSPS) is 10.7. The molecule has 124 valence electrons. The summed E-state index contributed by atoms with van der Waals surface area (Å²) >= 11 is 0. The Hall–Kier alpha value is -3.59. The lowest BCUT2D eigenvalue weighted by Gasteiger charge is -2.08. The van der Waals surface area contributed by atoms with Crippen LogP contribution in [0.2, 0.25) is 0 Å². The zero-order valence-corrected chi connectivity index (χ0v) is 13.5. The van der Waals surface area contributed by atoms with Gasteiger partial charge in [-0.2, -0.15) is 5.26 Å². The molecule has 0 unspecified atom stereocenters. The van der Waals surface area contributed by atoms with Crippen molar-refractivity contribution in [2.45, 2.75) is 0 Å². The second-order valence-corrected chi connectivity index (χ2v) is 5.16. The number of ether oxygens (including phenoxy) is 2. The van der Waals surface area contributed by atoms with Gasteiger partial charge in [0.25, 0.3) is 5.56 Å². The zero-order chi connectivity index (χ0) is 17.6. The Morgan fingerprint density at radius 1 is 1.20 bits per heavy atom. The molecule has 0 aliphatic rings. The maximum atomic E-state index is 12.1. The number of para-hydroxylation sites is 1. The highest BCUT2D eigenvalue weighted by atomic mass is 16.5. The average molecular weight is 333 g/mol. The molecule has 0 aliphatic heterocycles. The molecule has 0 saturated heterocycles. The standard InChI is InChI=1S/C19H15N3O3/c1-24-17-12-13(6-8-16(17)25-11-10-20)7-9-18-21-15-5-3-2-4-14(15)19(23)22-18/h2-9,12H,11H2,1H3,(H,21,22,23)/b9-7+. The van der Waals surface area contributed by atoms with Crippen molar-refractivity contribution in [3.63, 3.8) is 0 Å². The summed E-state index contributed by atoms with van der Waals surface area (Å²) in [4.78, 5) is 19.2. The predicted molar refractivity (Wildman–Crippen MR) is 95.4 cm³/mol. The van der Waals surface area contributed by atoms with Crippen molar-refractivity contribution in [3.8, 4) is 17.6 Å². The highest BCUT2D eigenvalue weighted by Gasteiger charge is 2.05. The fraction of sp³-hybridized carbons (Fsp3) is 0.105. The molecule has 6 nitrogen and oxygen atoms in total. The molecule has 0 amide bonds. The van der Waals surface area contributed by atoms with E-state index >= 15 is 0 Å². The van der Waals surface area contributed by atoms with Crippen LogP contribution in [-0.2, 0) is 0 Å². The molecule has 6 heteroatoms. The Morgan fingerprint density at radius 3 is 2.84 bits per heavy atom. The lowest BCUT2D eigenvalue weighted by molar-refractivity contribution is 0.329. The van der Waals surface area contributed by atoms with Crippen LogP contribution in [0.15, 0.2) is 47.3 Å². The first kappa shape index (κ1) is 16.3. The van der Waals surface area contributed by atoms with Crippen LogP contribution in [0.25, 0.3) is 23.1 Å². The largest absolute Gasteiger partial charge is 0.493 e. The molecule has 0 bridgehead atoms. The number of methoxy groups -OCH3 is 1. The zero-order valence-electron chi connectivity index (χ0n) is 13.5. The second kappa shape index (κ2) is 7.32. The lowest BCUT2D eigenvalue weighted by atomic mass is 10.2. The molecule has 0 saturated carbocycles. The lowest BCUT2D eigenvalue weighted by Crippen LogP contribution is -2.09. The Labute approximate surface area is 144 Å². The third-order valence-corrected chi connectivity index (χ3v) is 3.54. The first-order valence-corrected chi connectivity index (χ1v) is 7.56. The number of nitrogens with one attached hydrogen (secondary N) is 1. The number of nitriles is 1. The monoisotopic (exact) mass is 333 g/mol. The van der Waals surface area contributed by atoms with Gasteiger partial charge in [0.15, 0.2) is 18.1 Å². The first-order valence-electron chi connectivity index (χ1n) is 7.56. The Morgan fingerprint density at radius 2 is 2.04 bits per heavy atom. The number of rotatable bonds is 5. The number of benzene rings is 2. The van der Waals surface area contributed by atoms with Crippen LogP contribution in [-0.4, -0.2) is 23.7 Å². The Kier molecular flexibility index (Phi) is 4.77. The minimum absolute atomic E-state index is 0.0478. The maximum absolute atomic E-state index is 12.1. The predicted octanol–water partition coefficient (Wildman–Crippen LogP) is 3.00. The molecule has 0 spiro atoms. The fourth-order valence-electron chi connectivity index (χ4n) is 2.38. The van der Waals surface area contributed by atoms with Crippen molar-refractivity contribution in [3.05, 3.63) is 64.2 Å². The maximum Gasteiger partial charge on any atom is 0.259 e. The van der Waals surface area contributed by atoms with Gasteiger partial charge in [-0.05, 0) is 35.9 Å². The molecule has 0 aliphatic carbocycles. The summed E-state index contributed by atoms with van der Waals surface area (Å²) in [6.07, 6.45) is 3.53. The van der Waals surface area contributed by atoms with Crippen molar-refractivity contribution in [1.82, 2.24) is 9.97 Å². The summed E-state index contributed by atoms with van der Waals surface area (Å²) in [5.74, 6) is 1.49. The quantitative estimate of drug-likeness (QED) is 0.775. The van der Waals surface area contributed by atoms with Gasteiger partial charge in [0.05, 0.1) is 18.0 Å². The third kappa shape index (κ3) is 3.67. The van der Waals surface area contributed by atoms with E-state index in [1.807, 2.05) is 24.3 Å². The summed E-state index contributed by atoms with van der Waals surface area (Å²) in [6.45, 7) is -0.0478. The molecule has 3 aromatic rings. The van der Waals surface area contributed by atoms with Crippen molar-refractivity contribution >= 4 is 23.1 Å². The Bertz CT molecular complexity index is 1030. The Balaban J connectivity index is 1.89. The molecule has 3 rings (SSSR count). The van der Waals surface area contributed by atoms with Crippen LogP contribution in [0, 0.1) is 11.3 Å². The third-order valence-electron chi connectivity index (χ3n) is 3.54. The van der Waals surface area contributed by atoms with Gasteiger partial charge in [-0.15, -0.1) is 0 Å². The average Bonchev–Trinajstić information content (AvgIpc) is 2.65. The minimum atomic E-state index is -0.178. The van der Waals surface area contributed by atoms with E-state index in [4.69, 9.17) is 14.7 Å². The highest BCUT2D eigenvalue weighted by Crippen LogP contribution is 2.28. The van der Waals surface area contributed by atoms with E-state index in [-0.39, 0.29) is 12.2 Å². The number of aromatic amines is 1. The van der Waals surface area contributed by atoms with Gasteiger partial charge < -0.3 is 14.5 Å². The number of hydrogen-bond donors (Lipinski definition) is 1. The van der Waals surface area contributed by atoms with E-state index < -0.39 is 0 Å². The van der Waals surface area contributed by atoms with Crippen molar-refractivity contribution < 1.29 is 9.47 Å². The molecule has 2 aromatic carbocycles. The van der Waals surface area contributed by atoms with Crippen LogP contribution in [0.1, 0.15) is 11.4 Å². The van der Waals surface area contributed by atoms with Gasteiger partial charge in [0.2, 0.25) is 0 Å². The number of hydrogen-bond acceptors (Lipinski definition) is 5. The van der Waals surface area contributed by atoms with Crippen LogP contribution in [0.4, 0.5) is 0 Å². The summed E-state index contributed by atoms with van der Waals surface area (Å²) in [7, 11) is 1.53. The van der Waals surface area contributed by atoms with E-state index in [1.54, 1.807) is 36.4 Å². The van der Waals surface area contributed by atoms with Crippen molar-refractivity contribution in [2.75, 3.05) is 13.7 Å². The van der Waals surface area contributed by atoms with Crippen LogP contribution < -0.4 is 15.0 Å². The van der Waals surface area contributed by atoms with Crippen LogP contribution in [0.5, 0.6) is 11.5 Å². The molecule has 0 atom stereocenters. The van der Waals surface area contributed by atoms with Crippen LogP contribution >= 0.6 is 0 Å². The SMILES string of the molecule is COc1cc(/C=C/c2nc3ccccc3c(=O)[nH]2)ccc1OCC#N. The molecular formula is C19H15N3O3. The van der Waals surface area contributed by atoms with Crippen molar-refractivity contribution in [1.29, 1.82) is 5.26 Å². The number of H-pyrrole nitrogens is 1. The second-order valence-electron chi connectivity index (χ2n) is 5.16. The van der Waals surface area contributed by atoms with Crippen molar-refractivity contribution in [2.24, 2.45) is 0 Å². The summed E-state index contributed by atoms with van der Waals surface area (Å²) in [6, 6.07) is 14.4. The number of aromatic nitrogens is 2. The summed E-state index contributed by atoms with van der Waals surface area (Å²) in [5, 5.41) is 9.15. The minimum Gasteiger partial charge on any atom is -0.493 e. The van der Waals surface area contributed by atoms with E-state index in [0.29, 0.717) is 28.2 Å². The van der Waals surface area contributed by atoms with E-state index in [2.05, 4.69) is 9.97 Å². The van der Waals surface area contributed by atoms with Gasteiger partial charge in [-0.25, -0.2) is 4.98 Å². The summed E-state index contributed by atoms with van der Waals surface area (Å²) in [5.41, 5.74) is 1.31. The summed E-state index contributed by atoms with van der Waals surface area (Å²) < 4.78 is 10.6. The van der Waals surface area contributed by atoms with Gasteiger partial charge in [0.1, 0.15) is 11.9 Å². The molecule has 1 N–H and O–H groups in total. The molecule has 1 heterocycles. The first-order chi connectivity index (χ1) is 12.2. The van der Waals surface area contributed by atoms with Crippen LogP contribution in [0.3, 0.4) is 0 Å². The topological polar surface area (TPSA) is 88.0 Å². The molecule has 0 fully saturated rings. The molecule has 0 radical (unpaired) electrons. The number of nitrogens with zero attached hydrogens (tertiary/aromatic N) is 2.